The highest BCUT2D eigenvalue weighted by Gasteiger charge is 2.11. The number of para-hydroxylation sites is 2. The zero-order valence-electron chi connectivity index (χ0n) is 12.5. The topological polar surface area (TPSA) is 84.5 Å². The fourth-order valence-corrected chi connectivity index (χ4v) is 2.84. The molecular weight excluding hydrogens is 375 g/mol. The average molecular weight is 389 g/mol. The van der Waals surface area contributed by atoms with Gasteiger partial charge in [0, 0.05) is 5.02 Å². The highest BCUT2D eigenvalue weighted by atomic mass is 35.5. The van der Waals surface area contributed by atoms with Crippen LogP contribution in [0.25, 0.3) is 0 Å². The van der Waals surface area contributed by atoms with Crippen molar-refractivity contribution >= 4 is 50.5 Å². The molecule has 0 aliphatic rings. The molecule has 0 atom stereocenters. The Kier molecular flexibility index (Phi) is 5.93. The number of anilines is 2. The highest BCUT2D eigenvalue weighted by molar-refractivity contribution is 7.92. The molecule has 128 valence electrons. The SMILES string of the molecule is CS(=O)(=O)Nc1ccccc1NC(=O)COc1ccc(Cl)cc1Cl. The Morgan fingerprint density at radius 1 is 1.12 bits per heavy atom. The minimum Gasteiger partial charge on any atom is -0.482 e. The van der Waals surface area contributed by atoms with Crippen LogP contribution in [0.15, 0.2) is 42.5 Å². The predicted octanol–water partition coefficient (Wildman–Crippen LogP) is 3.38. The Balaban J connectivity index is 2.02. The van der Waals surface area contributed by atoms with Gasteiger partial charge in [-0.15, -0.1) is 0 Å². The first-order chi connectivity index (χ1) is 11.2. The summed E-state index contributed by atoms with van der Waals surface area (Å²) in [5.41, 5.74) is 0.580. The summed E-state index contributed by atoms with van der Waals surface area (Å²) < 4.78 is 30.3. The maximum Gasteiger partial charge on any atom is 0.262 e. The van der Waals surface area contributed by atoms with E-state index in [0.29, 0.717) is 16.5 Å². The first kappa shape index (κ1) is 18.4. The maximum atomic E-state index is 12.0. The monoisotopic (exact) mass is 388 g/mol. The van der Waals surface area contributed by atoms with Gasteiger partial charge < -0.3 is 10.1 Å². The van der Waals surface area contributed by atoms with Crippen LogP contribution in [-0.2, 0) is 14.8 Å². The molecule has 2 rings (SSSR count). The summed E-state index contributed by atoms with van der Waals surface area (Å²) in [4.78, 5) is 12.0. The van der Waals surface area contributed by atoms with E-state index in [9.17, 15) is 13.2 Å². The summed E-state index contributed by atoms with van der Waals surface area (Å²) in [6.07, 6.45) is 1.03. The van der Waals surface area contributed by atoms with Gasteiger partial charge in [0.2, 0.25) is 10.0 Å². The molecule has 0 spiro atoms. The van der Waals surface area contributed by atoms with E-state index in [1.54, 1.807) is 30.3 Å². The third-order valence-corrected chi connectivity index (χ3v) is 3.87. The lowest BCUT2D eigenvalue weighted by Gasteiger charge is -2.12. The summed E-state index contributed by atoms with van der Waals surface area (Å²) in [5, 5.41) is 3.32. The van der Waals surface area contributed by atoms with E-state index in [2.05, 4.69) is 10.0 Å². The van der Waals surface area contributed by atoms with Crippen molar-refractivity contribution in [2.45, 2.75) is 0 Å². The van der Waals surface area contributed by atoms with E-state index in [4.69, 9.17) is 27.9 Å². The number of benzene rings is 2. The van der Waals surface area contributed by atoms with Gasteiger partial charge in [0.25, 0.3) is 5.91 Å². The van der Waals surface area contributed by atoms with Crippen LogP contribution in [-0.4, -0.2) is 27.2 Å². The number of amides is 1. The fourth-order valence-electron chi connectivity index (χ4n) is 1.80. The van der Waals surface area contributed by atoms with Gasteiger partial charge in [0.15, 0.2) is 6.61 Å². The molecule has 24 heavy (non-hydrogen) atoms. The molecule has 1 amide bonds. The molecule has 0 aliphatic heterocycles. The number of sulfonamides is 1. The molecule has 0 bridgehead atoms. The number of rotatable bonds is 6. The second-order valence-corrected chi connectivity index (χ2v) is 7.42. The molecule has 0 fully saturated rings. The van der Waals surface area contributed by atoms with E-state index in [1.165, 1.54) is 12.1 Å². The third kappa shape index (κ3) is 5.59. The van der Waals surface area contributed by atoms with E-state index >= 15 is 0 Å². The first-order valence-corrected chi connectivity index (χ1v) is 9.34. The summed E-state index contributed by atoms with van der Waals surface area (Å²) in [7, 11) is -3.46. The predicted molar refractivity (Wildman–Crippen MR) is 95.5 cm³/mol. The molecule has 2 aromatic rings. The second kappa shape index (κ2) is 7.74. The molecule has 2 aromatic carbocycles. The number of carbonyl (C=O) groups excluding carboxylic acids is 1. The number of ether oxygens (including phenoxy) is 1. The molecule has 2 N–H and O–H groups in total. The Morgan fingerprint density at radius 2 is 1.79 bits per heavy atom. The Morgan fingerprint density at radius 3 is 2.42 bits per heavy atom. The van der Waals surface area contributed by atoms with E-state index < -0.39 is 15.9 Å². The maximum absolute atomic E-state index is 12.0. The standard InChI is InChI=1S/C15H14Cl2N2O4S/c1-24(21,22)19-13-5-3-2-4-12(13)18-15(20)9-23-14-7-6-10(16)8-11(14)17/h2-8,19H,9H2,1H3,(H,18,20). The van der Waals surface area contributed by atoms with E-state index in [0.717, 1.165) is 6.26 Å². The van der Waals surface area contributed by atoms with Gasteiger partial charge in [-0.2, -0.15) is 0 Å². The van der Waals surface area contributed by atoms with Crippen molar-refractivity contribution in [2.24, 2.45) is 0 Å². The molecule has 9 heteroatoms. The first-order valence-electron chi connectivity index (χ1n) is 6.69. The zero-order chi connectivity index (χ0) is 17.7. The second-order valence-electron chi connectivity index (χ2n) is 4.83. The Labute approximate surface area is 149 Å². The summed E-state index contributed by atoms with van der Waals surface area (Å²) in [5.74, 6) is -0.150. The van der Waals surface area contributed by atoms with Crippen LogP contribution in [0.1, 0.15) is 0 Å². The number of carbonyl (C=O) groups is 1. The number of hydrogen-bond donors (Lipinski definition) is 2. The van der Waals surface area contributed by atoms with Crippen LogP contribution in [0.5, 0.6) is 5.75 Å². The molecule has 0 radical (unpaired) electrons. The minimum atomic E-state index is -3.46. The van der Waals surface area contributed by atoms with Crippen molar-refractivity contribution in [1.82, 2.24) is 0 Å². The highest BCUT2D eigenvalue weighted by Crippen LogP contribution is 2.27. The fraction of sp³-hybridized carbons (Fsp3) is 0.133. The van der Waals surface area contributed by atoms with Crippen molar-refractivity contribution in [3.8, 4) is 5.75 Å². The van der Waals surface area contributed by atoms with Crippen molar-refractivity contribution in [1.29, 1.82) is 0 Å². The van der Waals surface area contributed by atoms with Crippen LogP contribution >= 0.6 is 23.2 Å². The van der Waals surface area contributed by atoms with Gasteiger partial charge in [-0.25, -0.2) is 8.42 Å². The van der Waals surface area contributed by atoms with Crippen LogP contribution in [0, 0.1) is 0 Å². The number of hydrogen-bond acceptors (Lipinski definition) is 4. The van der Waals surface area contributed by atoms with E-state index in [-0.39, 0.29) is 17.3 Å². The summed E-state index contributed by atoms with van der Waals surface area (Å²) >= 11 is 11.7. The van der Waals surface area contributed by atoms with Gasteiger partial charge in [-0.1, -0.05) is 35.3 Å². The lowest BCUT2D eigenvalue weighted by Crippen LogP contribution is -2.21. The average Bonchev–Trinajstić information content (AvgIpc) is 2.47. The summed E-state index contributed by atoms with van der Waals surface area (Å²) in [6.45, 7) is -0.297. The molecule has 0 aliphatic carbocycles. The quantitative estimate of drug-likeness (QED) is 0.793. The molecular formula is C15H14Cl2N2O4S. The van der Waals surface area contributed by atoms with Crippen LogP contribution in [0.4, 0.5) is 11.4 Å². The van der Waals surface area contributed by atoms with Crippen molar-refractivity contribution in [2.75, 3.05) is 22.9 Å². The van der Waals surface area contributed by atoms with E-state index in [1.807, 2.05) is 0 Å². The summed E-state index contributed by atoms with van der Waals surface area (Å²) in [6, 6.07) is 11.1. The molecule has 0 heterocycles. The molecule has 0 saturated carbocycles. The lowest BCUT2D eigenvalue weighted by molar-refractivity contribution is -0.118. The van der Waals surface area contributed by atoms with Gasteiger partial charge in [0.05, 0.1) is 22.7 Å². The van der Waals surface area contributed by atoms with Gasteiger partial charge in [-0.3, -0.25) is 9.52 Å². The number of nitrogens with one attached hydrogen (secondary N) is 2. The normalized spacial score (nSPS) is 11.0. The van der Waals surface area contributed by atoms with Crippen molar-refractivity contribution in [3.63, 3.8) is 0 Å². The largest absolute Gasteiger partial charge is 0.482 e. The molecule has 0 aromatic heterocycles. The smallest absolute Gasteiger partial charge is 0.262 e. The molecule has 0 saturated heterocycles. The number of halogens is 2. The van der Waals surface area contributed by atoms with Gasteiger partial charge in [-0.05, 0) is 30.3 Å². The third-order valence-electron chi connectivity index (χ3n) is 2.75. The lowest BCUT2D eigenvalue weighted by atomic mass is 10.2. The van der Waals surface area contributed by atoms with Crippen molar-refractivity contribution < 1.29 is 17.9 Å². The Bertz CT molecular complexity index is 856. The molecule has 0 unspecified atom stereocenters. The van der Waals surface area contributed by atoms with Gasteiger partial charge >= 0.3 is 0 Å². The van der Waals surface area contributed by atoms with Crippen LogP contribution in [0.3, 0.4) is 0 Å². The van der Waals surface area contributed by atoms with Crippen LogP contribution < -0.4 is 14.8 Å². The zero-order valence-corrected chi connectivity index (χ0v) is 14.9. The van der Waals surface area contributed by atoms with Crippen LogP contribution in [0.2, 0.25) is 10.0 Å². The minimum absolute atomic E-state index is 0.262. The van der Waals surface area contributed by atoms with Gasteiger partial charge in [0.1, 0.15) is 5.75 Å². The van der Waals surface area contributed by atoms with Crippen molar-refractivity contribution in [3.05, 3.63) is 52.5 Å². The molecule has 6 nitrogen and oxygen atoms in total. The Hall–Kier alpha value is -1.96.